The molecule has 7 nitrogen and oxygen atoms in total. The monoisotopic (exact) mass is 445 g/mol. The van der Waals surface area contributed by atoms with Gasteiger partial charge >= 0.3 is 0 Å². The van der Waals surface area contributed by atoms with E-state index in [2.05, 4.69) is 11.9 Å². The van der Waals surface area contributed by atoms with Crippen LogP contribution >= 0.6 is 11.6 Å². The maximum atomic E-state index is 13.3. The van der Waals surface area contributed by atoms with Crippen LogP contribution in [0.3, 0.4) is 0 Å². The quantitative estimate of drug-likeness (QED) is 0.282. The molecule has 0 spiro atoms. The minimum Gasteiger partial charge on any atom is -0.398 e. The first-order chi connectivity index (χ1) is 14.6. The third-order valence-electron chi connectivity index (χ3n) is 4.94. The fourth-order valence-corrected chi connectivity index (χ4v) is 3.42. The van der Waals surface area contributed by atoms with Crippen molar-refractivity contribution in [3.63, 3.8) is 0 Å². The van der Waals surface area contributed by atoms with Gasteiger partial charge in [0.1, 0.15) is 5.82 Å². The van der Waals surface area contributed by atoms with Gasteiger partial charge in [-0.3, -0.25) is 10.0 Å². The van der Waals surface area contributed by atoms with Gasteiger partial charge in [-0.2, -0.15) is 0 Å². The maximum Gasteiger partial charge on any atom is 0.263 e. The first-order valence-corrected chi connectivity index (χ1v) is 9.79. The van der Waals surface area contributed by atoms with Gasteiger partial charge in [0, 0.05) is 16.3 Å². The normalized spacial score (nSPS) is 22.9. The van der Waals surface area contributed by atoms with Gasteiger partial charge in [-0.1, -0.05) is 23.8 Å². The summed E-state index contributed by atoms with van der Waals surface area (Å²) in [5, 5.41) is 24.5. The zero-order valence-corrected chi connectivity index (χ0v) is 17.4. The molecule has 7 N–H and O–H groups in total. The van der Waals surface area contributed by atoms with Crippen LogP contribution in [0.1, 0.15) is 18.4 Å². The summed E-state index contributed by atoms with van der Waals surface area (Å²) in [6.45, 7) is 3.53. The molecule has 0 bridgehead atoms. The van der Waals surface area contributed by atoms with Crippen LogP contribution in [0, 0.1) is 5.82 Å². The molecule has 1 aliphatic rings. The average molecular weight is 446 g/mol. The number of benzene rings is 2. The van der Waals surface area contributed by atoms with Gasteiger partial charge in [0.2, 0.25) is 18.4 Å². The Labute approximate surface area is 183 Å². The van der Waals surface area contributed by atoms with E-state index in [0.717, 1.165) is 12.1 Å². The molecule has 2 aromatic carbocycles. The van der Waals surface area contributed by atoms with Crippen LogP contribution in [-0.4, -0.2) is 39.3 Å². The highest BCUT2D eigenvalue weighted by Crippen LogP contribution is 2.29. The minimum absolute atomic E-state index is 0.0113. The highest BCUT2D eigenvalue weighted by atomic mass is 35.5. The third kappa shape index (κ3) is 5.22. The van der Waals surface area contributed by atoms with Crippen molar-refractivity contribution in [3.8, 4) is 0 Å². The summed E-state index contributed by atoms with van der Waals surface area (Å²) in [6.07, 6.45) is 3.27. The van der Waals surface area contributed by atoms with Crippen molar-refractivity contribution in [1.29, 1.82) is 0 Å². The topological polar surface area (TPSA) is 125 Å². The number of nitrogens with zero attached hydrogens (tertiary/aromatic N) is 1. The second kappa shape index (κ2) is 8.79. The fourth-order valence-electron chi connectivity index (χ4n) is 3.25. The van der Waals surface area contributed by atoms with E-state index in [1.807, 2.05) is 0 Å². The molecule has 2 aromatic rings. The molecule has 1 amide bonds. The second-order valence-corrected chi connectivity index (χ2v) is 7.87. The summed E-state index contributed by atoms with van der Waals surface area (Å²) >= 11 is 6.08. The predicted octanol–water partition coefficient (Wildman–Crippen LogP) is 3.22. The van der Waals surface area contributed by atoms with E-state index in [0.29, 0.717) is 32.2 Å². The van der Waals surface area contributed by atoms with E-state index in [9.17, 15) is 19.5 Å². The van der Waals surface area contributed by atoms with Gasteiger partial charge in [0.25, 0.3) is 5.91 Å². The average Bonchev–Trinajstić information content (AvgIpc) is 2.74. The summed E-state index contributed by atoms with van der Waals surface area (Å²) in [7, 11) is 0. The molecule has 0 saturated heterocycles. The van der Waals surface area contributed by atoms with Crippen LogP contribution in [0.15, 0.2) is 54.6 Å². The standard InChI is InChI=1S/C22H22ClFN4O3/c1-13-6-7-22(30,21(29)27-20-5-3-16(24)10-19(20)26)12-28(31)11-14(8-13)17-9-15(23)2-4-18(17)25/h2-5,8-11,30H,1,6-7,12,25-26H2,(H-,27,29,31)/p+1/b14-8+,28-11+. The van der Waals surface area contributed by atoms with E-state index in [4.69, 9.17) is 23.1 Å². The number of allylic oxidation sites excluding steroid dienone is 3. The molecule has 0 radical (unpaired) electrons. The van der Waals surface area contributed by atoms with Crippen molar-refractivity contribution >= 4 is 46.4 Å². The molecule has 31 heavy (non-hydrogen) atoms. The van der Waals surface area contributed by atoms with Gasteiger partial charge in [-0.05, 0) is 60.1 Å². The molecule has 162 valence electrons. The molecule has 0 aromatic heterocycles. The lowest BCUT2D eigenvalue weighted by molar-refractivity contribution is -0.776. The highest BCUT2D eigenvalue weighted by Gasteiger charge is 2.42. The van der Waals surface area contributed by atoms with Crippen molar-refractivity contribution in [2.75, 3.05) is 23.3 Å². The zero-order chi connectivity index (χ0) is 22.8. The van der Waals surface area contributed by atoms with Crippen molar-refractivity contribution in [1.82, 2.24) is 0 Å². The molecular weight excluding hydrogens is 423 g/mol. The number of aliphatic hydroxyl groups is 1. The Kier molecular flexibility index (Phi) is 6.33. The largest absolute Gasteiger partial charge is 0.398 e. The first-order valence-electron chi connectivity index (χ1n) is 9.41. The summed E-state index contributed by atoms with van der Waals surface area (Å²) in [5.41, 5.74) is 12.1. The SMILES string of the molecule is C=C1/C=C(c2cc(Cl)ccc2N)\C=[N+](\O)CC(O)(C(=O)Nc2ccc(F)cc2N)CC1. The maximum absolute atomic E-state index is 13.3. The summed E-state index contributed by atoms with van der Waals surface area (Å²) in [6, 6.07) is 8.42. The number of carbonyl (C=O) groups excluding carboxylic acids is 1. The number of nitrogen functional groups attached to an aromatic ring is 2. The van der Waals surface area contributed by atoms with Crippen LogP contribution in [0.4, 0.5) is 21.5 Å². The Morgan fingerprint density at radius 2 is 1.97 bits per heavy atom. The molecule has 0 fully saturated rings. The second-order valence-electron chi connectivity index (χ2n) is 7.43. The molecule has 1 unspecified atom stereocenters. The molecule has 0 saturated carbocycles. The number of halogens is 2. The van der Waals surface area contributed by atoms with Crippen LogP contribution in [0.25, 0.3) is 5.57 Å². The van der Waals surface area contributed by atoms with E-state index >= 15 is 0 Å². The number of hydroxylamine groups is 1. The van der Waals surface area contributed by atoms with Gasteiger partial charge in [-0.25, -0.2) is 4.39 Å². The predicted molar refractivity (Wildman–Crippen MR) is 120 cm³/mol. The summed E-state index contributed by atoms with van der Waals surface area (Å²) < 4.78 is 14.0. The van der Waals surface area contributed by atoms with Gasteiger partial charge in [0.15, 0.2) is 0 Å². The van der Waals surface area contributed by atoms with Crippen LogP contribution < -0.4 is 16.8 Å². The smallest absolute Gasteiger partial charge is 0.263 e. The van der Waals surface area contributed by atoms with Crippen molar-refractivity contribution in [2.45, 2.75) is 18.4 Å². The molecule has 3 rings (SSSR count). The number of nitrogens with one attached hydrogen (secondary N) is 1. The molecule has 1 aliphatic heterocycles. The number of anilines is 3. The molecule has 0 aliphatic carbocycles. The Morgan fingerprint density at radius 3 is 2.68 bits per heavy atom. The number of rotatable bonds is 3. The summed E-state index contributed by atoms with van der Waals surface area (Å²) in [5.74, 6) is -1.35. The van der Waals surface area contributed by atoms with Crippen LogP contribution in [0.2, 0.25) is 5.02 Å². The number of amides is 1. The van der Waals surface area contributed by atoms with Crippen molar-refractivity contribution < 1.29 is 24.2 Å². The molecule has 1 atom stereocenters. The van der Waals surface area contributed by atoms with E-state index < -0.39 is 23.9 Å². The van der Waals surface area contributed by atoms with Gasteiger partial charge < -0.3 is 21.9 Å². The summed E-state index contributed by atoms with van der Waals surface area (Å²) in [4.78, 5) is 12.9. The van der Waals surface area contributed by atoms with E-state index in [1.165, 1.54) is 12.3 Å². The molecular formula is C22H23ClFN4O3+. The zero-order valence-electron chi connectivity index (χ0n) is 16.6. The molecule has 1 heterocycles. The van der Waals surface area contributed by atoms with Crippen LogP contribution in [-0.2, 0) is 4.79 Å². The highest BCUT2D eigenvalue weighted by molar-refractivity contribution is 6.31. The number of nitrogens with two attached hydrogens (primary N) is 2. The van der Waals surface area contributed by atoms with E-state index in [1.54, 1.807) is 24.3 Å². The number of hydrogen-bond acceptors (Lipinski definition) is 5. The lowest BCUT2D eigenvalue weighted by atomic mass is 9.93. The van der Waals surface area contributed by atoms with Crippen molar-refractivity contribution in [3.05, 3.63) is 71.0 Å². The number of carbonyl (C=O) groups is 1. The number of β-amino-alcohol motifs (C(OH)–C–C–N with tert-alkyl or cyclic N) is 1. The molecule has 9 heteroatoms. The minimum atomic E-state index is -1.99. The third-order valence-corrected chi connectivity index (χ3v) is 5.18. The van der Waals surface area contributed by atoms with Crippen LogP contribution in [0.5, 0.6) is 0 Å². The lowest BCUT2D eigenvalue weighted by Crippen LogP contribution is -2.49. The van der Waals surface area contributed by atoms with Crippen molar-refractivity contribution in [2.24, 2.45) is 0 Å². The first kappa shape index (κ1) is 22.3. The number of hydrogen-bond donors (Lipinski definition) is 5. The van der Waals surface area contributed by atoms with Gasteiger partial charge in [-0.15, -0.1) is 0 Å². The Morgan fingerprint density at radius 1 is 1.23 bits per heavy atom. The van der Waals surface area contributed by atoms with E-state index in [-0.39, 0.29) is 24.2 Å². The lowest BCUT2D eigenvalue weighted by Gasteiger charge is -2.23. The Bertz CT molecular complexity index is 1120. The van der Waals surface area contributed by atoms with Gasteiger partial charge in [0.05, 0.1) is 16.9 Å². The Hall–Kier alpha value is -3.36. The Balaban J connectivity index is 1.91. The fraction of sp³-hybridized carbons (Fsp3) is 0.182.